The maximum Gasteiger partial charge on any atom is 0.530 e. The van der Waals surface area contributed by atoms with Gasteiger partial charge in [0.05, 0.1) is 0 Å². The summed E-state index contributed by atoms with van der Waals surface area (Å²) >= 11 is 0. The van der Waals surface area contributed by atoms with Gasteiger partial charge in [0.1, 0.15) is 17.2 Å². The number of benzene rings is 6. The van der Waals surface area contributed by atoms with E-state index in [0.29, 0.717) is 6.42 Å². The number of hydrogen-bond acceptors (Lipinski definition) is 3. The van der Waals surface area contributed by atoms with Gasteiger partial charge in [-0.1, -0.05) is 195 Å². The molecule has 0 saturated carbocycles. The fraction of sp³-hybridized carbons (Fsp3) is 0.298. The maximum absolute atomic E-state index is 7.35. The largest absolute Gasteiger partial charge is 0.530 e. The smallest absolute Gasteiger partial charge is 0.408 e. The van der Waals surface area contributed by atoms with Gasteiger partial charge in [-0.3, -0.25) is 0 Å². The third kappa shape index (κ3) is 8.73. The lowest BCUT2D eigenvalue weighted by Crippen LogP contribution is -2.27. The summed E-state index contributed by atoms with van der Waals surface area (Å²) in [5.74, 6) is 2.36. The first-order valence-corrected chi connectivity index (χ1v) is 22.8. The number of allylic oxidation sites excluding steroid dienone is 4. The van der Waals surface area contributed by atoms with Crippen LogP contribution < -0.4 is 13.6 Å². The summed E-state index contributed by atoms with van der Waals surface area (Å²) in [4.78, 5) is 0. The quantitative estimate of drug-likeness (QED) is 0.0962. The van der Waals surface area contributed by atoms with Crippen molar-refractivity contribution in [1.82, 2.24) is 0 Å². The maximum atomic E-state index is 7.35. The van der Waals surface area contributed by atoms with E-state index < -0.39 is 19.4 Å². The van der Waals surface area contributed by atoms with E-state index in [2.05, 4.69) is 235 Å². The molecule has 0 aromatic heterocycles. The van der Waals surface area contributed by atoms with Gasteiger partial charge in [-0.05, 0) is 95.5 Å². The van der Waals surface area contributed by atoms with Crippen LogP contribution in [0.4, 0.5) is 0 Å². The first kappa shape index (κ1) is 43.7. The monoisotopic (exact) mass is 826 g/mol. The lowest BCUT2D eigenvalue weighted by Gasteiger charge is -2.37. The van der Waals surface area contributed by atoms with Crippen LogP contribution in [0.5, 0.6) is 17.2 Å². The highest BCUT2D eigenvalue weighted by atomic mass is 31.2. The lowest BCUT2D eigenvalue weighted by atomic mass is 9.70. The van der Waals surface area contributed by atoms with Gasteiger partial charge in [0.2, 0.25) is 0 Å². The van der Waals surface area contributed by atoms with E-state index in [4.69, 9.17) is 13.6 Å². The Morgan fingerprint density at radius 2 is 0.951 bits per heavy atom. The molecule has 1 heterocycles. The molecule has 0 amide bonds. The van der Waals surface area contributed by atoms with Crippen molar-refractivity contribution in [2.24, 2.45) is 0 Å². The average molecular weight is 827 g/mol. The standard InChI is InChI=1S/C57H63O3P/c1-13-24-43(14-2)56(9,10)50-37-47(54(5,6)44-25-18-15-19-26-44)35-41-34-42-36-48(55(7,8)45-27-20-16-21-28-45)38-51(57(11,12)46-29-22-17-23-30-46)53(42)60-61(59-52(41)50)58-49-32-39(3)31-40(4)33-49/h13-33,35-38H,34H2,1-12H3. The second kappa shape index (κ2) is 17.2. The van der Waals surface area contributed by atoms with Crippen LogP contribution >= 0.6 is 8.60 Å². The first-order chi connectivity index (χ1) is 29.0. The molecule has 0 N–H and O–H groups in total. The topological polar surface area (TPSA) is 27.7 Å². The highest BCUT2D eigenvalue weighted by Crippen LogP contribution is 2.55. The van der Waals surface area contributed by atoms with Gasteiger partial charge in [0.15, 0.2) is 0 Å². The molecule has 0 radical (unpaired) electrons. The summed E-state index contributed by atoms with van der Waals surface area (Å²) < 4.78 is 21.7. The van der Waals surface area contributed by atoms with Crippen LogP contribution in [0.15, 0.2) is 157 Å². The molecule has 1 aliphatic rings. The molecule has 61 heavy (non-hydrogen) atoms. The van der Waals surface area contributed by atoms with Crippen molar-refractivity contribution in [3.05, 3.63) is 218 Å². The number of rotatable bonds is 11. The zero-order valence-corrected chi connectivity index (χ0v) is 39.2. The van der Waals surface area contributed by atoms with Gasteiger partial charge < -0.3 is 13.6 Å². The average Bonchev–Trinajstić information content (AvgIpc) is 3.23. The molecule has 3 nitrogen and oxygen atoms in total. The Morgan fingerprint density at radius 3 is 1.39 bits per heavy atom. The van der Waals surface area contributed by atoms with Gasteiger partial charge in [-0.25, -0.2) is 0 Å². The minimum atomic E-state index is -2.02. The van der Waals surface area contributed by atoms with Gasteiger partial charge in [-0.2, -0.15) is 0 Å². The summed E-state index contributed by atoms with van der Waals surface area (Å²) in [7, 11) is -2.02. The highest BCUT2D eigenvalue weighted by Gasteiger charge is 2.40. The predicted octanol–water partition coefficient (Wildman–Crippen LogP) is 15.7. The van der Waals surface area contributed by atoms with Gasteiger partial charge in [-0.15, -0.1) is 0 Å². The van der Waals surface area contributed by atoms with Crippen molar-refractivity contribution in [1.29, 1.82) is 0 Å². The van der Waals surface area contributed by atoms with E-state index >= 15 is 0 Å². The molecule has 6 aromatic rings. The molecule has 1 atom stereocenters. The van der Waals surface area contributed by atoms with Crippen LogP contribution in [0.25, 0.3) is 0 Å². The third-order valence-corrected chi connectivity index (χ3v) is 14.1. The van der Waals surface area contributed by atoms with E-state index in [0.717, 1.165) is 50.6 Å². The Bertz CT molecular complexity index is 2540. The van der Waals surface area contributed by atoms with Gasteiger partial charge >= 0.3 is 8.60 Å². The van der Waals surface area contributed by atoms with E-state index in [1.807, 2.05) is 0 Å². The van der Waals surface area contributed by atoms with Crippen molar-refractivity contribution in [2.75, 3.05) is 0 Å². The minimum absolute atomic E-state index is 0.308. The molecule has 0 saturated heterocycles. The zero-order valence-electron chi connectivity index (χ0n) is 38.3. The van der Waals surface area contributed by atoms with Crippen LogP contribution in [-0.2, 0) is 28.1 Å². The molecular formula is C57H63O3P. The Labute approximate surface area is 367 Å². The highest BCUT2D eigenvalue weighted by molar-refractivity contribution is 7.43. The van der Waals surface area contributed by atoms with E-state index in [-0.39, 0.29) is 10.8 Å². The van der Waals surface area contributed by atoms with Crippen molar-refractivity contribution >= 4 is 8.60 Å². The zero-order chi connectivity index (χ0) is 43.7. The lowest BCUT2D eigenvalue weighted by molar-refractivity contribution is 0.371. The number of hydrogen-bond donors (Lipinski definition) is 0. The molecule has 6 aromatic carbocycles. The van der Waals surface area contributed by atoms with Crippen LogP contribution in [0, 0.1) is 13.8 Å². The second-order valence-corrected chi connectivity index (χ2v) is 19.9. The molecule has 314 valence electrons. The molecule has 7 rings (SSSR count). The summed E-state index contributed by atoms with van der Waals surface area (Å²) in [5, 5.41) is 0. The number of aryl methyl sites for hydroxylation is 2. The molecular weight excluding hydrogens is 764 g/mol. The first-order valence-electron chi connectivity index (χ1n) is 21.7. The van der Waals surface area contributed by atoms with Crippen LogP contribution in [0.2, 0.25) is 0 Å². The summed E-state index contributed by atoms with van der Waals surface area (Å²) in [6.45, 7) is 27.0. The van der Waals surface area contributed by atoms with E-state index in [9.17, 15) is 0 Å². The van der Waals surface area contributed by atoms with Crippen LogP contribution in [0.1, 0.15) is 130 Å². The molecule has 1 aliphatic heterocycles. The summed E-state index contributed by atoms with van der Waals surface area (Å²) in [5.41, 5.74) is 12.6. The summed E-state index contributed by atoms with van der Waals surface area (Å²) in [6.07, 6.45) is 7.17. The van der Waals surface area contributed by atoms with Gasteiger partial charge in [0.25, 0.3) is 0 Å². The fourth-order valence-electron chi connectivity index (χ4n) is 9.04. The molecule has 0 aliphatic carbocycles. The molecule has 4 heteroatoms. The molecule has 0 fully saturated rings. The predicted molar refractivity (Wildman–Crippen MR) is 258 cm³/mol. The van der Waals surface area contributed by atoms with E-state index in [1.165, 1.54) is 33.4 Å². The van der Waals surface area contributed by atoms with E-state index in [1.54, 1.807) is 0 Å². The summed E-state index contributed by atoms with van der Waals surface area (Å²) in [6, 6.07) is 48.3. The van der Waals surface area contributed by atoms with Crippen LogP contribution in [0.3, 0.4) is 0 Å². The van der Waals surface area contributed by atoms with Crippen molar-refractivity contribution < 1.29 is 13.6 Å². The Morgan fingerprint density at radius 1 is 0.525 bits per heavy atom. The van der Waals surface area contributed by atoms with Crippen molar-refractivity contribution in [3.8, 4) is 17.2 Å². The Balaban J connectivity index is 1.57. The van der Waals surface area contributed by atoms with Crippen molar-refractivity contribution in [3.63, 3.8) is 0 Å². The fourth-order valence-corrected chi connectivity index (χ4v) is 10.2. The molecule has 1 unspecified atom stereocenters. The third-order valence-electron chi connectivity index (χ3n) is 13.1. The Kier molecular flexibility index (Phi) is 12.3. The van der Waals surface area contributed by atoms with Gasteiger partial charge in [0, 0.05) is 39.2 Å². The Hall–Kier alpha value is -5.37. The second-order valence-electron chi connectivity index (χ2n) is 18.9. The normalized spacial score (nSPS) is 15.0. The minimum Gasteiger partial charge on any atom is -0.408 e. The van der Waals surface area contributed by atoms with Crippen molar-refractivity contribution in [2.45, 2.75) is 111 Å². The number of fused-ring (bicyclic) bond motifs is 2. The SMILES string of the molecule is CC=CC(=CC)C(C)(C)c1cc(C(C)(C)c2ccccc2)cc2c1OP(Oc1cc(C)cc(C)c1)Oc1c(cc(C(C)(C)c3ccccc3)cc1C(C)(C)c1ccccc1)C2. The van der Waals surface area contributed by atoms with Crippen LogP contribution in [-0.4, -0.2) is 0 Å². The molecule has 0 bridgehead atoms. The molecule has 0 spiro atoms.